The van der Waals surface area contributed by atoms with Gasteiger partial charge in [-0.1, -0.05) is 0 Å². The molecular weight excluding hydrogens is 282 g/mol. The lowest BCUT2D eigenvalue weighted by molar-refractivity contribution is -0.116. The molecule has 1 atom stereocenters. The number of anilines is 1. The normalized spacial score (nSPS) is 21.4. The highest BCUT2D eigenvalue weighted by Crippen LogP contribution is 2.07. The average molecular weight is 299 g/mol. The molecule has 8 nitrogen and oxygen atoms in total. The van der Waals surface area contributed by atoms with Crippen LogP contribution in [-0.4, -0.2) is 53.6 Å². The maximum absolute atomic E-state index is 11.8. The lowest BCUT2D eigenvalue weighted by Gasteiger charge is -2.22. The quantitative estimate of drug-likeness (QED) is 0.751. The number of carbonyl (C=O) groups is 1. The molecule has 1 aromatic rings. The van der Waals surface area contributed by atoms with Crippen molar-refractivity contribution in [2.75, 3.05) is 23.4 Å². The second-order valence-corrected chi connectivity index (χ2v) is 7.05. The Morgan fingerprint density at radius 1 is 1.35 bits per heavy atom. The Balaban J connectivity index is 1.93. The van der Waals surface area contributed by atoms with Crippen LogP contribution in [-0.2, 0) is 14.6 Å². The van der Waals surface area contributed by atoms with Crippen molar-refractivity contribution in [1.29, 1.82) is 0 Å². The molecule has 1 unspecified atom stereocenters. The Kier molecular flexibility index (Phi) is 4.29. The molecule has 9 heteroatoms. The maximum atomic E-state index is 11.8. The Morgan fingerprint density at radius 3 is 2.75 bits per heavy atom. The molecule has 1 amide bonds. The van der Waals surface area contributed by atoms with Crippen molar-refractivity contribution >= 4 is 21.7 Å². The molecule has 2 rings (SSSR count). The zero-order valence-electron chi connectivity index (χ0n) is 11.4. The number of amides is 1. The first-order valence-corrected chi connectivity index (χ1v) is 8.09. The molecule has 0 radical (unpaired) electrons. The van der Waals surface area contributed by atoms with E-state index < -0.39 is 9.84 Å². The molecule has 1 aliphatic heterocycles. The Hall–Kier alpha value is -1.61. The van der Waals surface area contributed by atoms with Crippen LogP contribution in [0.5, 0.6) is 0 Å². The van der Waals surface area contributed by atoms with Crippen LogP contribution in [0.25, 0.3) is 0 Å². The highest BCUT2D eigenvalue weighted by molar-refractivity contribution is 7.91. The fraction of sp³-hybridized carbons (Fsp3) is 0.636. The van der Waals surface area contributed by atoms with E-state index in [1.165, 1.54) is 0 Å². The van der Waals surface area contributed by atoms with E-state index in [1.54, 1.807) is 13.8 Å². The van der Waals surface area contributed by atoms with Crippen LogP contribution in [0.1, 0.15) is 17.8 Å². The standard InChI is InChI=1S/C11H17N5O3S/c1-7-8(2)15-16-11(13-7)14-10(17)5-9-6-20(18,19)4-3-12-9/h9,12H,3-6H2,1-2H3,(H,13,14,16,17). The number of aryl methyl sites for hydroxylation is 2. The Labute approximate surface area is 117 Å². The fourth-order valence-electron chi connectivity index (χ4n) is 1.91. The number of aromatic nitrogens is 3. The lowest BCUT2D eigenvalue weighted by atomic mass is 10.2. The maximum Gasteiger partial charge on any atom is 0.249 e. The van der Waals surface area contributed by atoms with Crippen molar-refractivity contribution in [3.63, 3.8) is 0 Å². The van der Waals surface area contributed by atoms with Crippen LogP contribution in [0.2, 0.25) is 0 Å². The van der Waals surface area contributed by atoms with E-state index in [2.05, 4.69) is 25.8 Å². The molecule has 2 heterocycles. The minimum atomic E-state index is -3.05. The molecule has 110 valence electrons. The van der Waals surface area contributed by atoms with Crippen LogP contribution < -0.4 is 10.6 Å². The summed E-state index contributed by atoms with van der Waals surface area (Å²) in [7, 11) is -3.05. The molecular formula is C11H17N5O3S. The first-order chi connectivity index (χ1) is 9.35. The predicted molar refractivity (Wildman–Crippen MR) is 73.0 cm³/mol. The molecule has 1 aromatic heterocycles. The van der Waals surface area contributed by atoms with Gasteiger partial charge in [-0.25, -0.2) is 13.4 Å². The van der Waals surface area contributed by atoms with Crippen LogP contribution >= 0.6 is 0 Å². The van der Waals surface area contributed by atoms with Gasteiger partial charge in [0.1, 0.15) is 0 Å². The summed E-state index contributed by atoms with van der Waals surface area (Å²) < 4.78 is 23.0. The van der Waals surface area contributed by atoms with Crippen LogP contribution in [0.4, 0.5) is 5.95 Å². The van der Waals surface area contributed by atoms with E-state index in [0.29, 0.717) is 17.9 Å². The molecule has 0 aliphatic carbocycles. The third-order valence-electron chi connectivity index (χ3n) is 3.08. The van der Waals surface area contributed by atoms with Crippen LogP contribution in [0.3, 0.4) is 0 Å². The van der Waals surface area contributed by atoms with Gasteiger partial charge in [0.25, 0.3) is 0 Å². The van der Waals surface area contributed by atoms with Crippen molar-refractivity contribution in [2.45, 2.75) is 26.3 Å². The van der Waals surface area contributed by atoms with Gasteiger partial charge in [0.2, 0.25) is 11.9 Å². The second kappa shape index (κ2) is 5.80. The van der Waals surface area contributed by atoms with Crippen LogP contribution in [0.15, 0.2) is 0 Å². The van der Waals surface area contributed by atoms with E-state index in [-0.39, 0.29) is 35.8 Å². The van der Waals surface area contributed by atoms with Gasteiger partial charge in [0.05, 0.1) is 22.9 Å². The van der Waals surface area contributed by atoms with E-state index in [9.17, 15) is 13.2 Å². The molecule has 0 bridgehead atoms. The number of hydrogen-bond acceptors (Lipinski definition) is 7. The molecule has 1 aliphatic rings. The average Bonchev–Trinajstić information content (AvgIpc) is 2.32. The van der Waals surface area contributed by atoms with Crippen molar-refractivity contribution < 1.29 is 13.2 Å². The van der Waals surface area contributed by atoms with Gasteiger partial charge in [-0.2, -0.15) is 5.10 Å². The fourth-order valence-corrected chi connectivity index (χ4v) is 3.35. The van der Waals surface area contributed by atoms with E-state index in [0.717, 1.165) is 0 Å². The van der Waals surface area contributed by atoms with E-state index in [1.807, 2.05) is 0 Å². The van der Waals surface area contributed by atoms with Gasteiger partial charge < -0.3 is 5.32 Å². The van der Waals surface area contributed by atoms with Crippen molar-refractivity contribution in [3.05, 3.63) is 11.4 Å². The minimum Gasteiger partial charge on any atom is -0.311 e. The molecule has 0 saturated carbocycles. The first kappa shape index (κ1) is 14.8. The van der Waals surface area contributed by atoms with E-state index >= 15 is 0 Å². The predicted octanol–water partition coefficient (Wildman–Crippen LogP) is -0.796. The minimum absolute atomic E-state index is 0.0214. The zero-order valence-corrected chi connectivity index (χ0v) is 12.2. The van der Waals surface area contributed by atoms with E-state index in [4.69, 9.17) is 0 Å². The summed E-state index contributed by atoms with van der Waals surface area (Å²) in [6.45, 7) is 3.93. The number of hydrogen-bond donors (Lipinski definition) is 2. The monoisotopic (exact) mass is 299 g/mol. The summed E-state index contributed by atoms with van der Waals surface area (Å²) in [6.07, 6.45) is 0.0650. The van der Waals surface area contributed by atoms with Gasteiger partial charge in [-0.3, -0.25) is 10.1 Å². The molecule has 0 spiro atoms. The Bertz CT molecular complexity index is 616. The first-order valence-electron chi connectivity index (χ1n) is 6.27. The van der Waals surface area contributed by atoms with Gasteiger partial charge in [0.15, 0.2) is 9.84 Å². The molecule has 20 heavy (non-hydrogen) atoms. The topological polar surface area (TPSA) is 114 Å². The SMILES string of the molecule is Cc1nnc(NC(=O)CC2CS(=O)(=O)CCN2)nc1C. The van der Waals surface area contributed by atoms with Crippen molar-refractivity contribution in [2.24, 2.45) is 0 Å². The van der Waals surface area contributed by atoms with Gasteiger partial charge in [-0.05, 0) is 13.8 Å². The molecule has 2 N–H and O–H groups in total. The van der Waals surface area contributed by atoms with Gasteiger partial charge >= 0.3 is 0 Å². The largest absolute Gasteiger partial charge is 0.311 e. The smallest absolute Gasteiger partial charge is 0.249 e. The second-order valence-electron chi connectivity index (χ2n) is 4.82. The third kappa shape index (κ3) is 3.94. The highest BCUT2D eigenvalue weighted by atomic mass is 32.2. The molecule has 1 fully saturated rings. The van der Waals surface area contributed by atoms with Gasteiger partial charge in [-0.15, -0.1) is 5.10 Å². The summed E-state index contributed by atoms with van der Waals surface area (Å²) in [6, 6.07) is -0.367. The number of nitrogens with zero attached hydrogens (tertiary/aromatic N) is 3. The molecule has 0 aromatic carbocycles. The van der Waals surface area contributed by atoms with Crippen molar-refractivity contribution in [1.82, 2.24) is 20.5 Å². The number of rotatable bonds is 3. The number of carbonyl (C=O) groups excluding carboxylic acids is 1. The molecule has 1 saturated heterocycles. The van der Waals surface area contributed by atoms with Crippen LogP contribution in [0, 0.1) is 13.8 Å². The summed E-state index contributed by atoms with van der Waals surface area (Å²) >= 11 is 0. The summed E-state index contributed by atoms with van der Waals surface area (Å²) in [4.78, 5) is 15.9. The Morgan fingerprint density at radius 2 is 2.10 bits per heavy atom. The zero-order chi connectivity index (χ0) is 14.8. The third-order valence-corrected chi connectivity index (χ3v) is 4.81. The summed E-state index contributed by atoms with van der Waals surface area (Å²) in [5.74, 6) is -0.0942. The number of sulfone groups is 1. The van der Waals surface area contributed by atoms with Gasteiger partial charge in [0, 0.05) is 19.0 Å². The highest BCUT2D eigenvalue weighted by Gasteiger charge is 2.26. The van der Waals surface area contributed by atoms with Crippen molar-refractivity contribution in [3.8, 4) is 0 Å². The lowest BCUT2D eigenvalue weighted by Crippen LogP contribution is -2.46. The number of nitrogens with one attached hydrogen (secondary N) is 2. The summed E-state index contributed by atoms with van der Waals surface area (Å²) in [5, 5.41) is 13.2. The summed E-state index contributed by atoms with van der Waals surface area (Å²) in [5.41, 5.74) is 1.39.